The molecule has 0 radical (unpaired) electrons. The molecule has 2 nitrogen and oxygen atoms in total. The van der Waals surface area contributed by atoms with Crippen LogP contribution >= 0.6 is 23.1 Å². The minimum atomic E-state index is -4.70. The van der Waals surface area contributed by atoms with Gasteiger partial charge >= 0.3 is 6.18 Å². The van der Waals surface area contributed by atoms with E-state index in [4.69, 9.17) is 0 Å². The average Bonchev–Trinajstić information content (AvgIpc) is 3.19. The molecule has 0 bridgehead atoms. The van der Waals surface area contributed by atoms with Crippen LogP contribution in [-0.4, -0.2) is 16.3 Å². The van der Waals surface area contributed by atoms with Gasteiger partial charge in [0.1, 0.15) is 0 Å². The second kappa shape index (κ2) is 5.54. The summed E-state index contributed by atoms with van der Waals surface area (Å²) < 4.78 is 39.5. The van der Waals surface area contributed by atoms with Crippen molar-refractivity contribution in [3.05, 3.63) is 41.0 Å². The number of thiazole rings is 1. The van der Waals surface area contributed by atoms with Gasteiger partial charge in [0.15, 0.2) is 5.60 Å². The maximum Gasteiger partial charge on any atom is 0.421 e. The summed E-state index contributed by atoms with van der Waals surface area (Å²) >= 11 is 3.06. The van der Waals surface area contributed by atoms with E-state index in [1.54, 1.807) is 29.0 Å². The van der Waals surface area contributed by atoms with Gasteiger partial charge in [-0.25, -0.2) is 4.98 Å². The van der Waals surface area contributed by atoms with Gasteiger partial charge in [0.25, 0.3) is 0 Å². The Labute approximate surface area is 134 Å². The fourth-order valence-corrected chi connectivity index (χ4v) is 4.09. The fraction of sp³-hybridized carbons (Fsp3) is 0.400. The Balaban J connectivity index is 1.78. The topological polar surface area (TPSA) is 33.1 Å². The summed E-state index contributed by atoms with van der Waals surface area (Å²) in [5.41, 5.74) is -0.0870. The van der Waals surface area contributed by atoms with Gasteiger partial charge in [0, 0.05) is 10.8 Å². The normalized spacial score (nSPS) is 18.2. The van der Waals surface area contributed by atoms with Crippen molar-refractivity contribution in [3.8, 4) is 0 Å². The van der Waals surface area contributed by atoms with E-state index in [1.165, 1.54) is 23.9 Å². The van der Waals surface area contributed by atoms with Crippen molar-refractivity contribution >= 4 is 23.1 Å². The molecule has 0 aliphatic heterocycles. The molecule has 22 heavy (non-hydrogen) atoms. The van der Waals surface area contributed by atoms with Gasteiger partial charge in [-0.2, -0.15) is 13.2 Å². The highest BCUT2D eigenvalue weighted by Crippen LogP contribution is 2.46. The van der Waals surface area contributed by atoms with Crippen molar-refractivity contribution in [1.82, 2.24) is 4.98 Å². The number of nitrogens with zero attached hydrogens (tertiary/aromatic N) is 1. The number of alkyl halides is 3. The zero-order chi connectivity index (χ0) is 16.0. The fourth-order valence-electron chi connectivity index (χ4n) is 2.07. The lowest BCUT2D eigenvalue weighted by atomic mass is 9.96. The summed E-state index contributed by atoms with van der Waals surface area (Å²) in [5.74, 6) is 0.541. The first-order chi connectivity index (χ1) is 10.3. The van der Waals surface area contributed by atoms with E-state index in [0.717, 1.165) is 34.6 Å². The van der Waals surface area contributed by atoms with E-state index in [-0.39, 0.29) is 5.56 Å². The number of hydrogen-bond acceptors (Lipinski definition) is 4. The molecule has 1 aromatic carbocycles. The molecular formula is C15H14F3NOS2. The quantitative estimate of drug-likeness (QED) is 0.852. The van der Waals surface area contributed by atoms with Gasteiger partial charge in [0.2, 0.25) is 0 Å². The Bertz CT molecular complexity index is 660. The van der Waals surface area contributed by atoms with Crippen LogP contribution in [0.25, 0.3) is 0 Å². The van der Waals surface area contributed by atoms with E-state index in [1.807, 2.05) is 0 Å². The smallest absolute Gasteiger partial charge is 0.376 e. The largest absolute Gasteiger partial charge is 0.421 e. The van der Waals surface area contributed by atoms with E-state index in [0.29, 0.717) is 5.92 Å². The van der Waals surface area contributed by atoms with E-state index >= 15 is 0 Å². The zero-order valence-electron chi connectivity index (χ0n) is 11.7. The number of benzene rings is 1. The molecule has 0 amide bonds. The van der Waals surface area contributed by atoms with Gasteiger partial charge in [-0.3, -0.25) is 0 Å². The van der Waals surface area contributed by atoms with Crippen molar-refractivity contribution in [2.75, 3.05) is 0 Å². The first-order valence-corrected chi connectivity index (χ1v) is 8.49. The Hall–Kier alpha value is -1.05. The van der Waals surface area contributed by atoms with E-state index in [2.05, 4.69) is 4.98 Å². The lowest BCUT2D eigenvalue weighted by molar-refractivity contribution is -0.258. The molecule has 1 aliphatic rings. The summed E-state index contributed by atoms with van der Waals surface area (Å²) in [6.07, 6.45) is -2.38. The predicted molar refractivity (Wildman–Crippen MR) is 80.3 cm³/mol. The SMILES string of the molecule is CC(O)(c1ccc(Sc2scnc2C2CC2)cc1)C(F)(F)F. The number of aromatic nitrogens is 1. The summed E-state index contributed by atoms with van der Waals surface area (Å²) in [5, 5.41) is 9.66. The van der Waals surface area contributed by atoms with Crippen molar-refractivity contribution < 1.29 is 18.3 Å². The third-order valence-corrected chi connectivity index (χ3v) is 5.78. The predicted octanol–water partition coefficient (Wildman–Crippen LogP) is 4.94. The molecule has 1 atom stereocenters. The Morgan fingerprint density at radius 3 is 2.41 bits per heavy atom. The van der Waals surface area contributed by atoms with Crippen molar-refractivity contribution in [2.45, 2.75) is 46.6 Å². The molecule has 1 saturated carbocycles. The number of halogens is 3. The second-order valence-corrected chi connectivity index (χ2v) is 7.69. The summed E-state index contributed by atoms with van der Waals surface area (Å²) in [4.78, 5) is 5.21. The van der Waals surface area contributed by atoms with Gasteiger partial charge in [-0.05, 0) is 37.5 Å². The zero-order valence-corrected chi connectivity index (χ0v) is 13.4. The molecule has 0 spiro atoms. The van der Waals surface area contributed by atoms with Crippen LogP contribution in [-0.2, 0) is 5.60 Å². The molecule has 0 saturated heterocycles. The van der Waals surface area contributed by atoms with Gasteiger partial charge in [0.05, 0.1) is 15.4 Å². The molecule has 1 aliphatic carbocycles. The Kier molecular flexibility index (Phi) is 3.99. The Morgan fingerprint density at radius 1 is 1.23 bits per heavy atom. The minimum absolute atomic E-state index is 0.156. The molecule has 118 valence electrons. The third kappa shape index (κ3) is 3.02. The lowest BCUT2D eigenvalue weighted by Crippen LogP contribution is -2.39. The molecule has 7 heteroatoms. The third-order valence-electron chi connectivity index (χ3n) is 3.70. The molecule has 1 heterocycles. The molecule has 1 aromatic heterocycles. The van der Waals surface area contributed by atoms with Crippen molar-refractivity contribution in [1.29, 1.82) is 0 Å². The van der Waals surface area contributed by atoms with Crippen molar-refractivity contribution in [2.24, 2.45) is 0 Å². The van der Waals surface area contributed by atoms with Crippen LogP contribution < -0.4 is 0 Å². The maximum atomic E-state index is 12.8. The first kappa shape index (κ1) is 15.8. The minimum Gasteiger partial charge on any atom is -0.376 e. The van der Waals surface area contributed by atoms with Crippen molar-refractivity contribution in [3.63, 3.8) is 0 Å². The highest BCUT2D eigenvalue weighted by atomic mass is 32.2. The highest BCUT2D eigenvalue weighted by Gasteiger charge is 2.51. The molecule has 2 aromatic rings. The summed E-state index contributed by atoms with van der Waals surface area (Å²) in [6.45, 7) is 0.767. The standard InChI is InChI=1S/C15H14F3NOS2/c1-14(20,15(16,17)18)10-4-6-11(7-5-10)22-13-12(9-2-3-9)19-8-21-13/h4-9,20H,2-3H2,1H3. The lowest BCUT2D eigenvalue weighted by Gasteiger charge is -2.26. The van der Waals surface area contributed by atoms with E-state index < -0.39 is 11.8 Å². The van der Waals surface area contributed by atoms with Crippen LogP contribution in [0.15, 0.2) is 38.9 Å². The molecule has 1 N–H and O–H groups in total. The monoisotopic (exact) mass is 345 g/mol. The van der Waals surface area contributed by atoms with Gasteiger partial charge in [-0.1, -0.05) is 23.9 Å². The molecule has 3 rings (SSSR count). The molecule has 1 unspecified atom stereocenters. The van der Waals surface area contributed by atoms with Crippen LogP contribution in [0.1, 0.15) is 36.9 Å². The number of aliphatic hydroxyl groups is 1. The molecular weight excluding hydrogens is 331 g/mol. The Morgan fingerprint density at radius 2 is 1.86 bits per heavy atom. The van der Waals surface area contributed by atoms with Crippen LogP contribution in [0, 0.1) is 0 Å². The van der Waals surface area contributed by atoms with Gasteiger partial charge < -0.3 is 5.11 Å². The van der Waals surface area contributed by atoms with Gasteiger partial charge in [-0.15, -0.1) is 11.3 Å². The highest BCUT2D eigenvalue weighted by molar-refractivity contribution is 8.01. The second-order valence-electron chi connectivity index (χ2n) is 5.50. The number of rotatable bonds is 4. The van der Waals surface area contributed by atoms with Crippen LogP contribution in [0.2, 0.25) is 0 Å². The average molecular weight is 345 g/mol. The van der Waals surface area contributed by atoms with Crippen LogP contribution in [0.3, 0.4) is 0 Å². The molecule has 1 fully saturated rings. The first-order valence-electron chi connectivity index (χ1n) is 6.80. The van der Waals surface area contributed by atoms with Crippen LogP contribution in [0.5, 0.6) is 0 Å². The summed E-state index contributed by atoms with van der Waals surface area (Å²) in [7, 11) is 0. The summed E-state index contributed by atoms with van der Waals surface area (Å²) in [6, 6.07) is 5.87. The maximum absolute atomic E-state index is 12.8. The van der Waals surface area contributed by atoms with E-state index in [9.17, 15) is 18.3 Å². The van der Waals surface area contributed by atoms with Crippen LogP contribution in [0.4, 0.5) is 13.2 Å². The number of hydrogen-bond donors (Lipinski definition) is 1.